The highest BCUT2D eigenvalue weighted by Gasteiger charge is 2.19. The summed E-state index contributed by atoms with van der Waals surface area (Å²) in [6.45, 7) is 3.72. The summed E-state index contributed by atoms with van der Waals surface area (Å²) < 4.78 is 17.0. The summed E-state index contributed by atoms with van der Waals surface area (Å²) in [5.74, 6) is 1.50. The van der Waals surface area contributed by atoms with Crippen molar-refractivity contribution in [1.82, 2.24) is 10.1 Å². The number of fused-ring (bicyclic) bond motifs is 1. The summed E-state index contributed by atoms with van der Waals surface area (Å²) in [5, 5.41) is 5.95. The van der Waals surface area contributed by atoms with Gasteiger partial charge in [0.15, 0.2) is 18.0 Å². The van der Waals surface area contributed by atoms with Gasteiger partial charge >= 0.3 is 0 Å². The molecule has 0 bridgehead atoms. The normalized spacial score (nSPS) is 12.0. The number of nitrogens with zero attached hydrogens (tertiary/aromatic N) is 2. The molecule has 32 heavy (non-hydrogen) atoms. The minimum absolute atomic E-state index is 0.340. The van der Waals surface area contributed by atoms with Crippen LogP contribution in [-0.4, -0.2) is 22.5 Å². The molecular weight excluding hydrogens is 451 g/mol. The van der Waals surface area contributed by atoms with E-state index in [4.69, 9.17) is 42.2 Å². The molecule has 164 valence electrons. The number of hydrogen-bond donors (Lipinski definition) is 0. The molecule has 2 aromatic carbocycles. The van der Waals surface area contributed by atoms with Gasteiger partial charge in [-0.2, -0.15) is 0 Å². The van der Waals surface area contributed by atoms with E-state index in [-0.39, 0.29) is 0 Å². The Labute approximate surface area is 195 Å². The number of rotatable bonds is 8. The minimum atomic E-state index is -0.630. The highest BCUT2D eigenvalue weighted by Crippen LogP contribution is 2.37. The molecule has 0 amide bonds. The monoisotopic (exact) mass is 470 g/mol. The zero-order chi connectivity index (χ0) is 22.7. The van der Waals surface area contributed by atoms with Gasteiger partial charge in [0.2, 0.25) is 5.88 Å². The lowest BCUT2D eigenvalue weighted by molar-refractivity contribution is -0.113. The van der Waals surface area contributed by atoms with Crippen molar-refractivity contribution in [2.75, 3.05) is 0 Å². The topological polar surface area (TPSA) is 74.5 Å². The van der Waals surface area contributed by atoms with Crippen molar-refractivity contribution < 1.29 is 18.8 Å². The molecule has 0 saturated carbocycles. The molecule has 0 N–H and O–H groups in total. The molecular formula is C24H20Cl2N2O4. The number of aromatic nitrogens is 2. The van der Waals surface area contributed by atoms with E-state index in [0.717, 1.165) is 24.1 Å². The van der Waals surface area contributed by atoms with Gasteiger partial charge in [-0.05, 0) is 49.7 Å². The fourth-order valence-corrected chi connectivity index (χ4v) is 3.58. The Morgan fingerprint density at radius 1 is 1.12 bits per heavy atom. The van der Waals surface area contributed by atoms with Crippen LogP contribution in [0.2, 0.25) is 10.0 Å². The maximum absolute atomic E-state index is 11.0. The van der Waals surface area contributed by atoms with Gasteiger partial charge in [-0.1, -0.05) is 41.7 Å². The molecule has 0 unspecified atom stereocenters. The average Bonchev–Trinajstić information content (AvgIpc) is 3.18. The van der Waals surface area contributed by atoms with E-state index in [1.165, 1.54) is 0 Å². The molecule has 8 heteroatoms. The number of benzene rings is 2. The van der Waals surface area contributed by atoms with Gasteiger partial charge in [-0.15, -0.1) is 0 Å². The third-order valence-corrected chi connectivity index (χ3v) is 5.30. The molecule has 1 atom stereocenters. The van der Waals surface area contributed by atoms with Crippen molar-refractivity contribution in [2.45, 2.75) is 32.8 Å². The SMILES string of the molecule is CCCc1nc(Oc2ccc(Cl)cc2)ccc1-c1noc2cc(Cl)c(O[C@@H](C)C=O)cc12. The van der Waals surface area contributed by atoms with Gasteiger partial charge in [0, 0.05) is 22.7 Å². The van der Waals surface area contributed by atoms with Crippen LogP contribution in [-0.2, 0) is 11.2 Å². The van der Waals surface area contributed by atoms with E-state index in [9.17, 15) is 4.79 Å². The van der Waals surface area contributed by atoms with Crippen molar-refractivity contribution in [3.05, 3.63) is 64.3 Å². The first-order valence-electron chi connectivity index (χ1n) is 10.1. The van der Waals surface area contributed by atoms with Crippen LogP contribution in [0.5, 0.6) is 17.4 Å². The first-order chi connectivity index (χ1) is 15.5. The fraction of sp³-hybridized carbons (Fsp3) is 0.208. The molecule has 4 rings (SSSR count). The van der Waals surface area contributed by atoms with Gasteiger partial charge in [0.1, 0.15) is 17.2 Å². The minimum Gasteiger partial charge on any atom is -0.482 e. The van der Waals surface area contributed by atoms with E-state index < -0.39 is 6.10 Å². The van der Waals surface area contributed by atoms with Crippen molar-refractivity contribution in [1.29, 1.82) is 0 Å². The summed E-state index contributed by atoms with van der Waals surface area (Å²) in [5.41, 5.74) is 2.79. The highest BCUT2D eigenvalue weighted by molar-refractivity contribution is 6.33. The highest BCUT2D eigenvalue weighted by atomic mass is 35.5. The quantitative estimate of drug-likeness (QED) is 0.260. The predicted molar refractivity (Wildman–Crippen MR) is 124 cm³/mol. The van der Waals surface area contributed by atoms with Crippen LogP contribution in [0.15, 0.2) is 53.1 Å². The van der Waals surface area contributed by atoms with Gasteiger partial charge < -0.3 is 14.0 Å². The number of carbonyl (C=O) groups excluding carboxylic acids is 1. The zero-order valence-electron chi connectivity index (χ0n) is 17.5. The molecule has 6 nitrogen and oxygen atoms in total. The van der Waals surface area contributed by atoms with E-state index in [0.29, 0.717) is 50.4 Å². The van der Waals surface area contributed by atoms with E-state index in [1.807, 2.05) is 6.07 Å². The Balaban J connectivity index is 1.73. The number of hydrogen-bond acceptors (Lipinski definition) is 6. The Morgan fingerprint density at radius 2 is 1.91 bits per heavy atom. The number of ether oxygens (including phenoxy) is 2. The molecule has 2 aromatic heterocycles. The molecule has 0 aliphatic heterocycles. The predicted octanol–water partition coefficient (Wildman–Crippen LogP) is 6.91. The van der Waals surface area contributed by atoms with E-state index in [1.54, 1.807) is 49.4 Å². The largest absolute Gasteiger partial charge is 0.482 e. The second-order valence-electron chi connectivity index (χ2n) is 7.22. The van der Waals surface area contributed by atoms with Gasteiger partial charge in [-0.25, -0.2) is 4.98 Å². The average molecular weight is 471 g/mol. The number of aryl methyl sites for hydroxylation is 1. The van der Waals surface area contributed by atoms with Crippen LogP contribution in [0, 0.1) is 0 Å². The van der Waals surface area contributed by atoms with Gasteiger partial charge in [0.05, 0.1) is 16.1 Å². The number of carbonyl (C=O) groups is 1. The molecule has 0 fully saturated rings. The molecule has 4 aromatic rings. The molecule has 0 spiro atoms. The van der Waals surface area contributed by atoms with Crippen molar-refractivity contribution in [3.8, 4) is 28.6 Å². The second-order valence-corrected chi connectivity index (χ2v) is 8.06. The maximum atomic E-state index is 11.0. The van der Waals surface area contributed by atoms with Crippen LogP contribution in [0.1, 0.15) is 26.0 Å². The lowest BCUT2D eigenvalue weighted by Gasteiger charge is -2.11. The van der Waals surface area contributed by atoms with Crippen LogP contribution >= 0.6 is 23.2 Å². The van der Waals surface area contributed by atoms with Gasteiger partial charge in [-0.3, -0.25) is 4.79 Å². The van der Waals surface area contributed by atoms with E-state index >= 15 is 0 Å². The summed E-state index contributed by atoms with van der Waals surface area (Å²) in [4.78, 5) is 15.7. The standard InChI is InChI=1S/C24H20Cl2N2O4/c1-3-4-20-17(9-10-23(27-20)31-16-7-5-15(25)6-8-16)24-18-11-22(30-14(2)13-29)19(26)12-21(18)32-28-24/h5-14H,3-4H2,1-2H3/t14-/m0/s1. The van der Waals surface area contributed by atoms with Crippen LogP contribution in [0.4, 0.5) is 0 Å². The summed E-state index contributed by atoms with van der Waals surface area (Å²) in [6.07, 6.45) is 1.69. The number of pyridine rings is 1. The second kappa shape index (κ2) is 9.59. The summed E-state index contributed by atoms with van der Waals surface area (Å²) in [6, 6.07) is 14.1. The van der Waals surface area contributed by atoms with Crippen molar-refractivity contribution in [2.24, 2.45) is 0 Å². The third kappa shape index (κ3) is 4.71. The first kappa shape index (κ1) is 22.1. The lowest BCUT2D eigenvalue weighted by atomic mass is 10.0. The van der Waals surface area contributed by atoms with Crippen molar-refractivity contribution in [3.63, 3.8) is 0 Å². The molecule has 0 aliphatic carbocycles. The van der Waals surface area contributed by atoms with Gasteiger partial charge in [0.25, 0.3) is 0 Å². The number of aldehydes is 1. The van der Waals surface area contributed by atoms with Crippen LogP contribution in [0.3, 0.4) is 0 Å². The Kier molecular flexibility index (Phi) is 6.63. The maximum Gasteiger partial charge on any atom is 0.219 e. The van der Waals surface area contributed by atoms with Crippen molar-refractivity contribution >= 4 is 40.5 Å². The number of halogens is 2. The van der Waals surface area contributed by atoms with Crippen LogP contribution < -0.4 is 9.47 Å². The fourth-order valence-electron chi connectivity index (χ4n) is 3.26. The first-order valence-corrected chi connectivity index (χ1v) is 10.9. The summed E-state index contributed by atoms with van der Waals surface area (Å²) >= 11 is 12.2. The Morgan fingerprint density at radius 3 is 2.62 bits per heavy atom. The zero-order valence-corrected chi connectivity index (χ0v) is 19.0. The molecule has 0 saturated heterocycles. The molecule has 0 radical (unpaired) electrons. The summed E-state index contributed by atoms with van der Waals surface area (Å²) in [7, 11) is 0. The Hall–Kier alpha value is -3.09. The lowest BCUT2D eigenvalue weighted by Crippen LogP contribution is -2.12. The Bertz CT molecular complexity index is 1260. The molecule has 2 heterocycles. The smallest absolute Gasteiger partial charge is 0.219 e. The van der Waals surface area contributed by atoms with E-state index in [2.05, 4.69) is 12.1 Å². The third-order valence-electron chi connectivity index (χ3n) is 4.76. The van der Waals surface area contributed by atoms with Crippen LogP contribution in [0.25, 0.3) is 22.2 Å². The molecule has 0 aliphatic rings.